The zero-order chi connectivity index (χ0) is 11.5. The maximum atomic E-state index is 4.58. The number of hydrogen-bond acceptors (Lipinski definition) is 2. The Hall–Kier alpha value is -0.830. The van der Waals surface area contributed by atoms with E-state index in [1.807, 2.05) is 0 Å². The van der Waals surface area contributed by atoms with E-state index >= 15 is 0 Å². The van der Waals surface area contributed by atoms with Crippen LogP contribution in [0.4, 0.5) is 0 Å². The summed E-state index contributed by atoms with van der Waals surface area (Å²) in [6.45, 7) is 7.65. The number of aryl methyl sites for hydroxylation is 1. The fourth-order valence-electron chi connectivity index (χ4n) is 2.76. The van der Waals surface area contributed by atoms with Crippen molar-refractivity contribution in [3.8, 4) is 0 Å². The summed E-state index contributed by atoms with van der Waals surface area (Å²) in [5.41, 5.74) is 1.12. The largest absolute Gasteiger partial charge is 0.312 e. The normalized spacial score (nSPS) is 30.6. The zero-order valence-corrected chi connectivity index (χ0v) is 10.6. The van der Waals surface area contributed by atoms with Crippen molar-refractivity contribution < 1.29 is 0 Å². The molecule has 1 fully saturated rings. The van der Waals surface area contributed by atoms with Crippen LogP contribution < -0.4 is 5.32 Å². The number of hydrogen-bond donors (Lipinski definition) is 1. The molecular weight excluding hydrogens is 198 g/mol. The molecule has 16 heavy (non-hydrogen) atoms. The first kappa shape index (κ1) is 11.6. The highest BCUT2D eigenvalue weighted by molar-refractivity contribution is 4.98. The molecule has 0 radical (unpaired) electrons. The minimum atomic E-state index is 0.539. The average molecular weight is 221 g/mol. The van der Waals surface area contributed by atoms with Gasteiger partial charge in [-0.05, 0) is 44.7 Å². The van der Waals surface area contributed by atoms with Gasteiger partial charge in [0.2, 0.25) is 0 Å². The van der Waals surface area contributed by atoms with Crippen LogP contribution in [0, 0.1) is 12.8 Å². The Kier molecular flexibility index (Phi) is 3.64. The average Bonchev–Trinajstić information content (AvgIpc) is 2.68. The first-order valence-corrected chi connectivity index (χ1v) is 6.46. The lowest BCUT2D eigenvalue weighted by atomic mass is 9.83. The Morgan fingerprint density at radius 1 is 1.50 bits per heavy atom. The lowest BCUT2D eigenvalue weighted by molar-refractivity contribution is 0.205. The Balaban J connectivity index is 2.13. The van der Waals surface area contributed by atoms with Gasteiger partial charge < -0.3 is 5.32 Å². The molecule has 0 spiro atoms. The van der Waals surface area contributed by atoms with Gasteiger partial charge in [-0.15, -0.1) is 0 Å². The maximum absolute atomic E-state index is 4.58. The Labute approximate surface area is 98.2 Å². The molecule has 0 aromatic carbocycles. The smallest absolute Gasteiger partial charge is 0.0674 e. The number of aromatic nitrogens is 2. The van der Waals surface area contributed by atoms with Gasteiger partial charge >= 0.3 is 0 Å². The molecule has 0 bridgehead atoms. The molecule has 0 saturated heterocycles. The van der Waals surface area contributed by atoms with Crippen molar-refractivity contribution in [2.75, 3.05) is 6.54 Å². The first-order valence-electron chi connectivity index (χ1n) is 6.46. The minimum Gasteiger partial charge on any atom is -0.312 e. The van der Waals surface area contributed by atoms with E-state index in [1.165, 1.54) is 19.3 Å². The van der Waals surface area contributed by atoms with Crippen molar-refractivity contribution in [3.05, 3.63) is 18.0 Å². The molecule has 3 nitrogen and oxygen atoms in total. The second-order valence-electron chi connectivity index (χ2n) is 5.09. The molecular formula is C13H23N3. The molecule has 3 unspecified atom stereocenters. The number of rotatable bonds is 3. The van der Waals surface area contributed by atoms with Crippen LogP contribution in [0.3, 0.4) is 0 Å². The second-order valence-corrected chi connectivity index (χ2v) is 5.09. The van der Waals surface area contributed by atoms with Gasteiger partial charge in [0.15, 0.2) is 0 Å². The number of nitrogens with one attached hydrogen (secondary N) is 1. The van der Waals surface area contributed by atoms with E-state index in [2.05, 4.69) is 48.1 Å². The number of likely N-dealkylation sites (N-methyl/N-ethyl adjacent to an activating group) is 1. The summed E-state index contributed by atoms with van der Waals surface area (Å²) in [6.07, 6.45) is 5.99. The standard InChI is InChI=1S/C13H23N3/c1-4-14-12-6-5-10(2)9-13(12)16-8-7-11(3)15-16/h7-8,10,12-14H,4-6,9H2,1-3H3. The van der Waals surface area contributed by atoms with Crippen LogP contribution in [0.5, 0.6) is 0 Å². The van der Waals surface area contributed by atoms with Crippen molar-refractivity contribution in [2.45, 2.75) is 52.1 Å². The van der Waals surface area contributed by atoms with E-state index in [0.29, 0.717) is 12.1 Å². The van der Waals surface area contributed by atoms with Crippen LogP contribution in [-0.2, 0) is 0 Å². The van der Waals surface area contributed by atoms with E-state index in [4.69, 9.17) is 0 Å². The van der Waals surface area contributed by atoms with Gasteiger partial charge in [-0.2, -0.15) is 5.10 Å². The van der Waals surface area contributed by atoms with Gasteiger partial charge in [0, 0.05) is 12.2 Å². The predicted molar refractivity (Wildman–Crippen MR) is 66.5 cm³/mol. The monoisotopic (exact) mass is 221 g/mol. The quantitative estimate of drug-likeness (QED) is 0.850. The first-order chi connectivity index (χ1) is 7.70. The molecule has 0 amide bonds. The molecule has 1 aliphatic carbocycles. The van der Waals surface area contributed by atoms with Crippen LogP contribution in [-0.4, -0.2) is 22.4 Å². The van der Waals surface area contributed by atoms with Crippen molar-refractivity contribution in [1.29, 1.82) is 0 Å². The molecule has 1 aliphatic rings. The van der Waals surface area contributed by atoms with Gasteiger partial charge in [0.25, 0.3) is 0 Å². The molecule has 90 valence electrons. The van der Waals surface area contributed by atoms with E-state index in [9.17, 15) is 0 Å². The molecule has 1 aromatic rings. The van der Waals surface area contributed by atoms with Gasteiger partial charge in [-0.1, -0.05) is 13.8 Å². The van der Waals surface area contributed by atoms with Crippen molar-refractivity contribution in [3.63, 3.8) is 0 Å². The third-order valence-electron chi connectivity index (χ3n) is 3.63. The lowest BCUT2D eigenvalue weighted by Gasteiger charge is -2.35. The number of nitrogens with zero attached hydrogens (tertiary/aromatic N) is 2. The van der Waals surface area contributed by atoms with Crippen LogP contribution in [0.25, 0.3) is 0 Å². The van der Waals surface area contributed by atoms with Crippen molar-refractivity contribution in [2.24, 2.45) is 5.92 Å². The molecule has 1 heterocycles. The summed E-state index contributed by atoms with van der Waals surface area (Å²) in [5, 5.41) is 8.18. The highest BCUT2D eigenvalue weighted by Gasteiger charge is 2.29. The zero-order valence-electron chi connectivity index (χ0n) is 10.6. The summed E-state index contributed by atoms with van der Waals surface area (Å²) < 4.78 is 2.16. The highest BCUT2D eigenvalue weighted by atomic mass is 15.3. The molecule has 3 atom stereocenters. The topological polar surface area (TPSA) is 29.9 Å². The molecule has 1 saturated carbocycles. The van der Waals surface area contributed by atoms with Crippen molar-refractivity contribution in [1.82, 2.24) is 15.1 Å². The molecule has 1 aromatic heterocycles. The van der Waals surface area contributed by atoms with Crippen LogP contribution in [0.1, 0.15) is 44.8 Å². The summed E-state index contributed by atoms with van der Waals surface area (Å²) in [5.74, 6) is 0.824. The van der Waals surface area contributed by atoms with Gasteiger partial charge in [0.1, 0.15) is 0 Å². The Bertz CT molecular complexity index is 332. The highest BCUT2D eigenvalue weighted by Crippen LogP contribution is 2.32. The van der Waals surface area contributed by atoms with Gasteiger partial charge in [0.05, 0.1) is 11.7 Å². The van der Waals surface area contributed by atoms with E-state index in [0.717, 1.165) is 18.2 Å². The minimum absolute atomic E-state index is 0.539. The predicted octanol–water partition coefficient (Wildman–Crippen LogP) is 2.53. The van der Waals surface area contributed by atoms with Crippen LogP contribution in [0.2, 0.25) is 0 Å². The maximum Gasteiger partial charge on any atom is 0.0674 e. The lowest BCUT2D eigenvalue weighted by Crippen LogP contribution is -2.41. The Morgan fingerprint density at radius 2 is 2.31 bits per heavy atom. The SMILES string of the molecule is CCNC1CCC(C)CC1n1ccc(C)n1. The summed E-state index contributed by atoms with van der Waals surface area (Å²) in [4.78, 5) is 0. The summed E-state index contributed by atoms with van der Waals surface area (Å²) in [6, 6.07) is 3.24. The summed E-state index contributed by atoms with van der Waals surface area (Å²) >= 11 is 0. The molecule has 0 aliphatic heterocycles. The van der Waals surface area contributed by atoms with E-state index < -0.39 is 0 Å². The van der Waals surface area contributed by atoms with E-state index in [1.54, 1.807) is 0 Å². The van der Waals surface area contributed by atoms with E-state index in [-0.39, 0.29) is 0 Å². The van der Waals surface area contributed by atoms with Gasteiger partial charge in [-0.25, -0.2) is 0 Å². The molecule has 2 rings (SSSR count). The fraction of sp³-hybridized carbons (Fsp3) is 0.769. The van der Waals surface area contributed by atoms with Gasteiger partial charge in [-0.3, -0.25) is 4.68 Å². The second kappa shape index (κ2) is 5.00. The third-order valence-corrected chi connectivity index (χ3v) is 3.63. The third kappa shape index (κ3) is 2.46. The molecule has 1 N–H and O–H groups in total. The Morgan fingerprint density at radius 3 is 2.94 bits per heavy atom. The summed E-state index contributed by atoms with van der Waals surface area (Å²) in [7, 11) is 0. The molecule has 3 heteroatoms. The van der Waals surface area contributed by atoms with Crippen molar-refractivity contribution >= 4 is 0 Å². The van der Waals surface area contributed by atoms with Crippen LogP contribution in [0.15, 0.2) is 12.3 Å². The fourth-order valence-corrected chi connectivity index (χ4v) is 2.76. The van der Waals surface area contributed by atoms with Crippen LogP contribution >= 0.6 is 0 Å².